The van der Waals surface area contributed by atoms with E-state index in [1.165, 1.54) is 22.4 Å². The van der Waals surface area contributed by atoms with Gasteiger partial charge < -0.3 is 16.0 Å². The maximum absolute atomic E-state index is 6.48. The summed E-state index contributed by atoms with van der Waals surface area (Å²) in [5, 5.41) is 3.38. The Morgan fingerprint density at radius 1 is 1.04 bits per heavy atom. The van der Waals surface area contributed by atoms with Crippen molar-refractivity contribution in [2.45, 2.75) is 26.7 Å². The van der Waals surface area contributed by atoms with Gasteiger partial charge in [-0.25, -0.2) is 9.97 Å². The maximum Gasteiger partial charge on any atom is 0.161 e. The SMILES string of the molecule is Cc1cccc(Nc2ncnc(N3CCCc4ccccc43)c2N)c1C. The Labute approximate surface area is 153 Å². The van der Waals surface area contributed by atoms with Crippen LogP contribution in [0.25, 0.3) is 0 Å². The van der Waals surface area contributed by atoms with Gasteiger partial charge >= 0.3 is 0 Å². The molecule has 0 radical (unpaired) electrons. The molecule has 1 aromatic heterocycles. The van der Waals surface area contributed by atoms with E-state index in [0.717, 1.165) is 30.9 Å². The molecule has 2 heterocycles. The van der Waals surface area contributed by atoms with E-state index in [2.05, 4.69) is 64.4 Å². The van der Waals surface area contributed by atoms with Gasteiger partial charge in [-0.05, 0) is 55.5 Å². The van der Waals surface area contributed by atoms with E-state index < -0.39 is 0 Å². The second-order valence-electron chi connectivity index (χ2n) is 6.72. The Kier molecular flexibility index (Phi) is 4.21. The highest BCUT2D eigenvalue weighted by molar-refractivity contribution is 5.83. The highest BCUT2D eigenvalue weighted by Gasteiger charge is 2.22. The minimum absolute atomic E-state index is 0.574. The van der Waals surface area contributed by atoms with Crippen LogP contribution in [-0.4, -0.2) is 16.5 Å². The van der Waals surface area contributed by atoms with Crippen LogP contribution in [0.3, 0.4) is 0 Å². The summed E-state index contributed by atoms with van der Waals surface area (Å²) in [5.41, 5.74) is 13.0. The van der Waals surface area contributed by atoms with Gasteiger partial charge in [0.05, 0.1) is 0 Å². The van der Waals surface area contributed by atoms with Gasteiger partial charge in [0.2, 0.25) is 0 Å². The first-order chi connectivity index (χ1) is 12.6. The van der Waals surface area contributed by atoms with Crippen LogP contribution >= 0.6 is 0 Å². The summed E-state index contributed by atoms with van der Waals surface area (Å²) in [4.78, 5) is 11.1. The van der Waals surface area contributed by atoms with Crippen molar-refractivity contribution in [3.8, 4) is 0 Å². The Morgan fingerprint density at radius 2 is 1.88 bits per heavy atom. The van der Waals surface area contributed by atoms with E-state index in [1.807, 2.05) is 12.1 Å². The van der Waals surface area contributed by atoms with Crippen molar-refractivity contribution in [1.82, 2.24) is 9.97 Å². The molecule has 5 nitrogen and oxygen atoms in total. The molecule has 0 spiro atoms. The Hall–Kier alpha value is -3.08. The third-order valence-corrected chi connectivity index (χ3v) is 5.09. The number of aromatic nitrogens is 2. The molecule has 0 saturated carbocycles. The zero-order valence-corrected chi connectivity index (χ0v) is 15.2. The van der Waals surface area contributed by atoms with Crippen LogP contribution in [0.4, 0.5) is 28.7 Å². The average molecular weight is 345 g/mol. The second kappa shape index (κ2) is 6.67. The summed E-state index contributed by atoms with van der Waals surface area (Å²) in [6, 6.07) is 14.6. The fourth-order valence-corrected chi connectivity index (χ4v) is 3.47. The van der Waals surface area contributed by atoms with Gasteiger partial charge in [-0.15, -0.1) is 0 Å². The van der Waals surface area contributed by atoms with E-state index >= 15 is 0 Å². The number of para-hydroxylation sites is 1. The number of anilines is 5. The summed E-state index contributed by atoms with van der Waals surface area (Å²) in [6.45, 7) is 5.10. The molecule has 1 aliphatic heterocycles. The lowest BCUT2D eigenvalue weighted by molar-refractivity contribution is 0.759. The van der Waals surface area contributed by atoms with Crippen molar-refractivity contribution in [3.63, 3.8) is 0 Å². The maximum atomic E-state index is 6.48. The number of fused-ring (bicyclic) bond motifs is 1. The monoisotopic (exact) mass is 345 g/mol. The van der Waals surface area contributed by atoms with Crippen molar-refractivity contribution in [3.05, 3.63) is 65.5 Å². The zero-order valence-electron chi connectivity index (χ0n) is 15.2. The Morgan fingerprint density at radius 3 is 2.77 bits per heavy atom. The molecule has 3 aromatic rings. The fraction of sp³-hybridized carbons (Fsp3) is 0.238. The molecular weight excluding hydrogens is 322 g/mol. The van der Waals surface area contributed by atoms with Gasteiger partial charge in [-0.1, -0.05) is 30.3 Å². The van der Waals surface area contributed by atoms with Crippen molar-refractivity contribution >= 4 is 28.7 Å². The average Bonchev–Trinajstić information content (AvgIpc) is 2.67. The fourth-order valence-electron chi connectivity index (χ4n) is 3.47. The highest BCUT2D eigenvalue weighted by Crippen LogP contribution is 2.37. The molecule has 0 atom stereocenters. The Balaban J connectivity index is 1.72. The molecular formula is C21H23N5. The van der Waals surface area contributed by atoms with Crippen LogP contribution in [0.5, 0.6) is 0 Å². The largest absolute Gasteiger partial charge is 0.393 e. The van der Waals surface area contributed by atoms with Gasteiger partial charge in [0.15, 0.2) is 11.6 Å². The van der Waals surface area contributed by atoms with Gasteiger partial charge in [-0.2, -0.15) is 0 Å². The minimum Gasteiger partial charge on any atom is -0.393 e. The van der Waals surface area contributed by atoms with E-state index in [1.54, 1.807) is 6.33 Å². The number of nitrogens with one attached hydrogen (secondary N) is 1. The zero-order chi connectivity index (χ0) is 18.1. The van der Waals surface area contributed by atoms with Crippen LogP contribution in [-0.2, 0) is 6.42 Å². The quantitative estimate of drug-likeness (QED) is 0.731. The van der Waals surface area contributed by atoms with Gasteiger partial charge in [-0.3, -0.25) is 0 Å². The molecule has 5 heteroatoms. The number of nitrogens with zero attached hydrogens (tertiary/aromatic N) is 3. The number of aryl methyl sites for hydroxylation is 2. The van der Waals surface area contributed by atoms with E-state index in [-0.39, 0.29) is 0 Å². The number of hydrogen-bond donors (Lipinski definition) is 2. The summed E-state index contributed by atoms with van der Waals surface area (Å²) < 4.78 is 0. The topological polar surface area (TPSA) is 67.1 Å². The molecule has 0 unspecified atom stereocenters. The molecule has 26 heavy (non-hydrogen) atoms. The molecule has 0 saturated heterocycles. The van der Waals surface area contributed by atoms with Gasteiger partial charge in [0.1, 0.15) is 12.0 Å². The second-order valence-corrected chi connectivity index (χ2v) is 6.72. The van der Waals surface area contributed by atoms with E-state index in [0.29, 0.717) is 11.5 Å². The number of benzene rings is 2. The van der Waals surface area contributed by atoms with E-state index in [4.69, 9.17) is 5.73 Å². The van der Waals surface area contributed by atoms with E-state index in [9.17, 15) is 0 Å². The normalized spacial score (nSPS) is 13.4. The molecule has 2 aromatic carbocycles. The smallest absolute Gasteiger partial charge is 0.161 e. The lowest BCUT2D eigenvalue weighted by Gasteiger charge is -2.31. The molecule has 4 rings (SSSR count). The first-order valence-electron chi connectivity index (χ1n) is 8.94. The first-order valence-corrected chi connectivity index (χ1v) is 8.94. The molecule has 0 bridgehead atoms. The molecule has 1 aliphatic rings. The van der Waals surface area contributed by atoms with Gasteiger partial charge in [0.25, 0.3) is 0 Å². The molecule has 0 amide bonds. The summed E-state index contributed by atoms with van der Waals surface area (Å²) >= 11 is 0. The van der Waals surface area contributed by atoms with Crippen molar-refractivity contribution in [1.29, 1.82) is 0 Å². The number of nitrogens with two attached hydrogens (primary N) is 1. The van der Waals surface area contributed by atoms with Crippen LogP contribution < -0.4 is 16.0 Å². The summed E-state index contributed by atoms with van der Waals surface area (Å²) in [7, 11) is 0. The van der Waals surface area contributed by atoms with Crippen LogP contribution in [0, 0.1) is 13.8 Å². The summed E-state index contributed by atoms with van der Waals surface area (Å²) in [6.07, 6.45) is 3.75. The predicted molar refractivity (Wildman–Crippen MR) is 107 cm³/mol. The lowest BCUT2D eigenvalue weighted by atomic mass is 10.0. The first kappa shape index (κ1) is 16.4. The third kappa shape index (κ3) is 2.86. The lowest BCUT2D eigenvalue weighted by Crippen LogP contribution is -2.26. The van der Waals surface area contributed by atoms with Crippen molar-refractivity contribution in [2.24, 2.45) is 0 Å². The number of nitrogen functional groups attached to an aromatic ring is 1. The molecule has 132 valence electrons. The van der Waals surface area contributed by atoms with Crippen molar-refractivity contribution in [2.75, 3.05) is 22.5 Å². The summed E-state index contributed by atoms with van der Waals surface area (Å²) in [5.74, 6) is 1.41. The molecule has 3 N–H and O–H groups in total. The van der Waals surface area contributed by atoms with Crippen molar-refractivity contribution < 1.29 is 0 Å². The van der Waals surface area contributed by atoms with Crippen LogP contribution in [0.15, 0.2) is 48.8 Å². The molecule has 0 aliphatic carbocycles. The highest BCUT2D eigenvalue weighted by atomic mass is 15.2. The van der Waals surface area contributed by atoms with Crippen LogP contribution in [0.1, 0.15) is 23.1 Å². The predicted octanol–water partition coefficient (Wildman–Crippen LogP) is 4.50. The number of rotatable bonds is 3. The third-order valence-electron chi connectivity index (χ3n) is 5.09. The van der Waals surface area contributed by atoms with Crippen LogP contribution in [0.2, 0.25) is 0 Å². The van der Waals surface area contributed by atoms with Gasteiger partial charge in [0, 0.05) is 17.9 Å². The molecule has 0 fully saturated rings. The standard InChI is InChI=1S/C21H23N5/c1-14-7-5-10-17(15(14)2)25-20-19(22)21(24-13-23-20)26-12-6-9-16-8-3-4-11-18(16)26/h3-5,7-8,10-11,13H,6,9,12,22H2,1-2H3,(H,23,24,25). The number of hydrogen-bond acceptors (Lipinski definition) is 5. The minimum atomic E-state index is 0.574. The Bertz CT molecular complexity index is 951.